The number of hydrogen-bond donors (Lipinski definition) is 0. The van der Waals surface area contributed by atoms with Crippen LogP contribution in [0.4, 0.5) is 11.4 Å². The summed E-state index contributed by atoms with van der Waals surface area (Å²) in [6.45, 7) is 0.382. The van der Waals surface area contributed by atoms with Crippen LogP contribution in [0.15, 0.2) is 75.1 Å². The zero-order valence-corrected chi connectivity index (χ0v) is 19.8. The summed E-state index contributed by atoms with van der Waals surface area (Å²) in [5.74, 6) is 0.822. The van der Waals surface area contributed by atoms with Gasteiger partial charge in [0.15, 0.2) is 0 Å². The van der Waals surface area contributed by atoms with Gasteiger partial charge in [-0.05, 0) is 54.1 Å². The molecule has 0 saturated carbocycles. The van der Waals surface area contributed by atoms with Crippen molar-refractivity contribution in [1.29, 1.82) is 0 Å². The molecule has 170 valence electrons. The van der Waals surface area contributed by atoms with Crippen molar-refractivity contribution in [2.24, 2.45) is 9.98 Å². The predicted octanol–water partition coefficient (Wildman–Crippen LogP) is 6.02. The van der Waals surface area contributed by atoms with Crippen molar-refractivity contribution >= 4 is 50.0 Å². The number of aliphatic imine (C=N–C) groups is 2. The van der Waals surface area contributed by atoms with Crippen LogP contribution in [0, 0.1) is 0 Å². The van der Waals surface area contributed by atoms with Gasteiger partial charge in [0.05, 0.1) is 43.6 Å². The number of hydrogen-bond acceptors (Lipinski definition) is 7. The predicted molar refractivity (Wildman–Crippen MR) is 121 cm³/mol. The van der Waals surface area contributed by atoms with Crippen molar-refractivity contribution in [3.05, 3.63) is 83.3 Å². The summed E-state index contributed by atoms with van der Waals surface area (Å²) in [7, 11) is 12.3. The van der Waals surface area contributed by atoms with E-state index in [4.69, 9.17) is 29.5 Å². The van der Waals surface area contributed by atoms with Crippen LogP contribution >= 0.6 is 20.2 Å². The van der Waals surface area contributed by atoms with E-state index >= 15 is 0 Å². The van der Waals surface area contributed by atoms with Crippen LogP contribution in [0.5, 0.6) is 0 Å². The molecule has 0 amide bonds. The molecule has 3 rings (SSSR count). The minimum absolute atomic E-state index is 0.194. The fraction of sp³-hybridized carbons (Fsp3) is 0.136. The molecule has 0 bridgehead atoms. The third-order valence-corrected chi connectivity index (χ3v) is 3.90. The number of benzene rings is 2. The summed E-state index contributed by atoms with van der Waals surface area (Å²) in [4.78, 5) is 29.6. The van der Waals surface area contributed by atoms with Crippen LogP contribution in [0.2, 0.25) is 0 Å². The molecule has 32 heavy (non-hydrogen) atoms. The first kappa shape index (κ1) is 25.8. The molecule has 0 aliphatic carbocycles. The molecule has 7 nitrogen and oxygen atoms in total. The Bertz CT molecular complexity index is 1020. The summed E-state index contributed by atoms with van der Waals surface area (Å²) in [6, 6.07) is 18.0. The van der Waals surface area contributed by atoms with E-state index in [2.05, 4.69) is 19.6 Å². The van der Waals surface area contributed by atoms with Gasteiger partial charge in [0.2, 0.25) is 0 Å². The van der Waals surface area contributed by atoms with E-state index in [-0.39, 0.29) is 19.1 Å². The van der Waals surface area contributed by atoms with Gasteiger partial charge in [-0.25, -0.2) is 14.6 Å². The minimum atomic E-state index is -0.381. The third-order valence-electron chi connectivity index (χ3n) is 3.90. The maximum absolute atomic E-state index is 11.4. The van der Waals surface area contributed by atoms with Crippen molar-refractivity contribution in [3.63, 3.8) is 0 Å². The molecule has 10 heteroatoms. The van der Waals surface area contributed by atoms with Crippen LogP contribution in [0.25, 0.3) is 0 Å². The molecule has 0 N–H and O–H groups in total. The summed E-state index contributed by atoms with van der Waals surface area (Å²) >= 11 is 0.194. The standard InChI is InChI=1S/C22H20N2O5.2ClH.Fe/c1-26-22(25)17-5-9-19(10-6-17)24-14-21-12-11-20(29-21)13-23-18-7-3-16(4-8-18)15-28-27-2;;;/h3-14H,15H2,1-2H3;2*1H;/q;;;+2/p-2. The number of esters is 1. The average Bonchev–Trinajstić information content (AvgIpc) is 3.29. The van der Waals surface area contributed by atoms with Crippen molar-refractivity contribution in [2.45, 2.75) is 6.61 Å². The Balaban J connectivity index is 0.00000114. The van der Waals surface area contributed by atoms with Gasteiger partial charge in [-0.15, -0.1) is 0 Å². The molecular formula is C22H20Cl2FeN2O5. The number of carbonyl (C=O) groups excluding carboxylic acids is 1. The second kappa shape index (κ2) is 14.6. The molecule has 0 aliphatic rings. The summed E-state index contributed by atoms with van der Waals surface area (Å²) in [5.41, 5.74) is 2.95. The number of methoxy groups -OCH3 is 1. The van der Waals surface area contributed by atoms with Gasteiger partial charge >= 0.3 is 39.3 Å². The Hall–Kier alpha value is -2.45. The molecule has 0 aliphatic heterocycles. The van der Waals surface area contributed by atoms with Crippen LogP contribution in [-0.2, 0) is 34.3 Å². The van der Waals surface area contributed by atoms with Crippen molar-refractivity contribution in [2.75, 3.05) is 14.2 Å². The second-order valence-electron chi connectivity index (χ2n) is 5.94. The Labute approximate surface area is 200 Å². The maximum atomic E-state index is 11.4. The van der Waals surface area contributed by atoms with Crippen LogP contribution in [-0.4, -0.2) is 32.6 Å². The molecule has 3 aromatic rings. The van der Waals surface area contributed by atoms with Gasteiger partial charge in [0.1, 0.15) is 18.1 Å². The molecule has 2 aromatic carbocycles. The van der Waals surface area contributed by atoms with E-state index in [0.717, 1.165) is 11.3 Å². The molecule has 1 heterocycles. The zero-order valence-electron chi connectivity index (χ0n) is 17.2. The first-order valence-electron chi connectivity index (χ1n) is 9.05. The molecule has 0 spiro atoms. The fourth-order valence-corrected chi connectivity index (χ4v) is 2.39. The second-order valence-corrected chi connectivity index (χ2v) is 7.76. The first-order chi connectivity index (χ1) is 15.6. The fourth-order valence-electron chi connectivity index (χ4n) is 2.39. The van der Waals surface area contributed by atoms with Gasteiger partial charge < -0.3 is 9.15 Å². The molecule has 0 radical (unpaired) electrons. The molecule has 0 saturated heterocycles. The van der Waals surface area contributed by atoms with E-state index in [1.165, 1.54) is 14.2 Å². The number of halogens is 2. The summed E-state index contributed by atoms with van der Waals surface area (Å²) < 4.78 is 10.3. The molecule has 0 fully saturated rings. The SMILES string of the molecule is COOCc1ccc(N=Cc2ccc(C=Nc3ccc(C(=O)OC)cc3)o2)cc1.[Cl][Fe][Cl]. The van der Waals surface area contributed by atoms with E-state index in [0.29, 0.717) is 29.4 Å². The quantitative estimate of drug-likeness (QED) is 0.120. The van der Waals surface area contributed by atoms with Gasteiger partial charge in [-0.2, -0.15) is 0 Å². The summed E-state index contributed by atoms with van der Waals surface area (Å²) in [5, 5.41) is 0. The Morgan fingerprint density at radius 2 is 1.41 bits per heavy atom. The number of nitrogens with zero attached hydrogens (tertiary/aromatic N) is 2. The van der Waals surface area contributed by atoms with Gasteiger partial charge in [-0.1, -0.05) is 12.1 Å². The van der Waals surface area contributed by atoms with Crippen molar-refractivity contribution < 1.29 is 36.9 Å². The molecule has 1 aromatic heterocycles. The Kier molecular flexibility index (Phi) is 11.8. The Morgan fingerprint density at radius 1 is 0.906 bits per heavy atom. The van der Waals surface area contributed by atoms with Crippen LogP contribution in [0.3, 0.4) is 0 Å². The van der Waals surface area contributed by atoms with Gasteiger partial charge in [-0.3, -0.25) is 9.98 Å². The molecular weight excluding hydrogens is 499 g/mol. The van der Waals surface area contributed by atoms with Gasteiger partial charge in [0, 0.05) is 0 Å². The van der Waals surface area contributed by atoms with Crippen molar-refractivity contribution in [1.82, 2.24) is 0 Å². The molecule has 0 unspecified atom stereocenters. The average molecular weight is 519 g/mol. The van der Waals surface area contributed by atoms with Crippen molar-refractivity contribution in [3.8, 4) is 0 Å². The normalized spacial score (nSPS) is 11.0. The van der Waals surface area contributed by atoms with Crippen LogP contribution < -0.4 is 0 Å². The monoisotopic (exact) mass is 518 g/mol. The van der Waals surface area contributed by atoms with E-state index in [9.17, 15) is 4.79 Å². The number of rotatable bonds is 8. The zero-order chi connectivity index (χ0) is 23.2. The number of ether oxygens (including phenoxy) is 1. The van der Waals surface area contributed by atoms with E-state index in [1.54, 1.807) is 42.8 Å². The van der Waals surface area contributed by atoms with Crippen LogP contribution in [0.1, 0.15) is 27.4 Å². The molecule has 0 atom stereocenters. The van der Waals surface area contributed by atoms with Gasteiger partial charge in [0.25, 0.3) is 0 Å². The Morgan fingerprint density at radius 3 is 1.88 bits per heavy atom. The third kappa shape index (κ3) is 8.96. The topological polar surface area (TPSA) is 82.6 Å². The first-order valence-corrected chi connectivity index (χ1v) is 12.1. The summed E-state index contributed by atoms with van der Waals surface area (Å²) in [6.07, 6.45) is 3.25. The number of carbonyl (C=O) groups is 1. The van der Waals surface area contributed by atoms with E-state index in [1.807, 2.05) is 30.3 Å². The van der Waals surface area contributed by atoms with E-state index < -0.39 is 0 Å². The number of furan rings is 1.